The number of amides is 2. The molecule has 1 aromatic carbocycles. The highest BCUT2D eigenvalue weighted by Gasteiger charge is 2.15. The Kier molecular flexibility index (Phi) is 4.88. The highest BCUT2D eigenvalue weighted by molar-refractivity contribution is 5.89. The number of aromatic nitrogens is 2. The van der Waals surface area contributed by atoms with Gasteiger partial charge in [-0.25, -0.2) is 19.2 Å². The van der Waals surface area contributed by atoms with E-state index in [1.807, 2.05) is 13.0 Å². The van der Waals surface area contributed by atoms with Crippen molar-refractivity contribution in [1.29, 1.82) is 0 Å². The summed E-state index contributed by atoms with van der Waals surface area (Å²) in [7, 11) is 0. The Morgan fingerprint density at radius 3 is 2.62 bits per heavy atom. The van der Waals surface area contributed by atoms with E-state index in [2.05, 4.69) is 25.5 Å². The van der Waals surface area contributed by atoms with Gasteiger partial charge >= 0.3 is 6.03 Å². The molecule has 0 bridgehead atoms. The molecule has 1 aliphatic rings. The Labute approximate surface area is 140 Å². The smallest absolute Gasteiger partial charge is 0.319 e. The average molecular weight is 329 g/mol. The maximum Gasteiger partial charge on any atom is 0.319 e. The lowest BCUT2D eigenvalue weighted by atomic mass is 10.3. The van der Waals surface area contributed by atoms with Crippen molar-refractivity contribution in [1.82, 2.24) is 15.3 Å². The third kappa shape index (κ3) is 4.18. The quantitative estimate of drug-likeness (QED) is 0.905. The van der Waals surface area contributed by atoms with Crippen molar-refractivity contribution in [2.75, 3.05) is 23.3 Å². The number of benzene rings is 1. The van der Waals surface area contributed by atoms with Gasteiger partial charge in [-0.3, -0.25) is 0 Å². The van der Waals surface area contributed by atoms with Crippen LogP contribution >= 0.6 is 0 Å². The highest BCUT2D eigenvalue weighted by Crippen LogP contribution is 2.18. The lowest BCUT2D eigenvalue weighted by molar-refractivity contribution is 0.251. The maximum atomic E-state index is 12.8. The first kappa shape index (κ1) is 16.2. The van der Waals surface area contributed by atoms with Crippen molar-refractivity contribution in [3.8, 4) is 0 Å². The number of urea groups is 1. The topological polar surface area (TPSA) is 70.2 Å². The van der Waals surface area contributed by atoms with Crippen LogP contribution in [0.2, 0.25) is 0 Å². The monoisotopic (exact) mass is 329 g/mol. The normalized spacial score (nSPS) is 13.8. The maximum absolute atomic E-state index is 12.8. The van der Waals surface area contributed by atoms with Crippen molar-refractivity contribution < 1.29 is 9.18 Å². The summed E-state index contributed by atoms with van der Waals surface area (Å²) in [5.41, 5.74) is 1.40. The predicted molar refractivity (Wildman–Crippen MR) is 90.5 cm³/mol. The molecule has 0 radical (unpaired) electrons. The molecule has 1 fully saturated rings. The van der Waals surface area contributed by atoms with E-state index in [9.17, 15) is 9.18 Å². The fourth-order valence-electron chi connectivity index (χ4n) is 2.67. The van der Waals surface area contributed by atoms with E-state index in [1.54, 1.807) is 0 Å². The Balaban J connectivity index is 1.59. The second-order valence-corrected chi connectivity index (χ2v) is 5.79. The molecule has 2 N–H and O–H groups in total. The molecule has 0 spiro atoms. The summed E-state index contributed by atoms with van der Waals surface area (Å²) >= 11 is 0. The Bertz CT molecular complexity index is 713. The van der Waals surface area contributed by atoms with Crippen LogP contribution in [0, 0.1) is 12.7 Å². The van der Waals surface area contributed by atoms with Gasteiger partial charge < -0.3 is 15.5 Å². The van der Waals surface area contributed by atoms with Crippen molar-refractivity contribution in [2.24, 2.45) is 0 Å². The third-order valence-corrected chi connectivity index (χ3v) is 3.83. The molecule has 1 aliphatic heterocycles. The number of carbonyl (C=O) groups excluding carboxylic acids is 1. The van der Waals surface area contributed by atoms with E-state index < -0.39 is 0 Å². The van der Waals surface area contributed by atoms with Crippen molar-refractivity contribution >= 4 is 17.5 Å². The Morgan fingerprint density at radius 2 is 1.92 bits per heavy atom. The van der Waals surface area contributed by atoms with Gasteiger partial charge in [0.1, 0.15) is 17.5 Å². The zero-order valence-electron chi connectivity index (χ0n) is 13.6. The van der Waals surface area contributed by atoms with E-state index in [0.29, 0.717) is 11.5 Å². The SMILES string of the molecule is Cc1cc(N2CCCC2)nc(CNC(=O)Nc2ccc(F)cc2)n1. The van der Waals surface area contributed by atoms with Crippen LogP contribution in [-0.2, 0) is 6.54 Å². The van der Waals surface area contributed by atoms with Crippen molar-refractivity contribution in [2.45, 2.75) is 26.3 Å². The lowest BCUT2D eigenvalue weighted by Gasteiger charge is -2.17. The minimum absolute atomic E-state index is 0.232. The molecule has 2 aromatic rings. The van der Waals surface area contributed by atoms with Gasteiger partial charge in [0.15, 0.2) is 0 Å². The number of nitrogens with zero attached hydrogens (tertiary/aromatic N) is 3. The van der Waals surface area contributed by atoms with Crippen molar-refractivity contribution in [3.63, 3.8) is 0 Å². The fraction of sp³-hybridized carbons (Fsp3) is 0.353. The second-order valence-electron chi connectivity index (χ2n) is 5.79. The predicted octanol–water partition coefficient (Wildman–Crippen LogP) is 2.85. The molecule has 0 saturated carbocycles. The molecule has 0 aliphatic carbocycles. The molecule has 126 valence electrons. The first-order valence-corrected chi connectivity index (χ1v) is 8.00. The van der Waals surface area contributed by atoms with Crippen LogP contribution in [-0.4, -0.2) is 29.1 Å². The molecule has 6 nitrogen and oxygen atoms in total. The largest absolute Gasteiger partial charge is 0.357 e. The molecular weight excluding hydrogens is 309 g/mol. The van der Waals surface area contributed by atoms with Gasteiger partial charge in [-0.05, 0) is 44.0 Å². The van der Waals surface area contributed by atoms with Gasteiger partial charge in [0.25, 0.3) is 0 Å². The summed E-state index contributed by atoms with van der Waals surface area (Å²) in [6.07, 6.45) is 2.35. The number of hydrogen-bond acceptors (Lipinski definition) is 4. The second kappa shape index (κ2) is 7.25. The summed E-state index contributed by atoms with van der Waals surface area (Å²) in [6, 6.07) is 7.18. The summed E-state index contributed by atoms with van der Waals surface area (Å²) in [5.74, 6) is 1.14. The van der Waals surface area contributed by atoms with Gasteiger partial charge in [-0.2, -0.15) is 0 Å². The van der Waals surface area contributed by atoms with E-state index >= 15 is 0 Å². The molecular formula is C17H20FN5O. The Hall–Kier alpha value is -2.70. The minimum Gasteiger partial charge on any atom is -0.357 e. The minimum atomic E-state index is -0.380. The number of hydrogen-bond donors (Lipinski definition) is 2. The number of carbonyl (C=O) groups is 1. The van der Waals surface area contributed by atoms with E-state index in [4.69, 9.17) is 0 Å². The summed E-state index contributed by atoms with van der Waals surface area (Å²) in [5, 5.41) is 5.36. The number of aryl methyl sites for hydroxylation is 1. The molecule has 0 atom stereocenters. The van der Waals surface area contributed by atoms with Crippen LogP contribution in [0.15, 0.2) is 30.3 Å². The number of nitrogens with one attached hydrogen (secondary N) is 2. The van der Waals surface area contributed by atoms with Gasteiger partial charge in [0, 0.05) is 30.5 Å². The number of anilines is 2. The zero-order valence-corrected chi connectivity index (χ0v) is 13.6. The first-order chi connectivity index (χ1) is 11.6. The van der Waals surface area contributed by atoms with E-state index in [-0.39, 0.29) is 18.4 Å². The third-order valence-electron chi connectivity index (χ3n) is 3.83. The van der Waals surface area contributed by atoms with Crippen LogP contribution < -0.4 is 15.5 Å². The van der Waals surface area contributed by atoms with Gasteiger partial charge in [-0.1, -0.05) is 0 Å². The molecule has 3 rings (SSSR count). The molecule has 7 heteroatoms. The molecule has 1 saturated heterocycles. The molecule has 24 heavy (non-hydrogen) atoms. The van der Waals surface area contributed by atoms with E-state index in [1.165, 1.54) is 37.1 Å². The van der Waals surface area contributed by atoms with Crippen LogP contribution in [0.5, 0.6) is 0 Å². The highest BCUT2D eigenvalue weighted by atomic mass is 19.1. The van der Waals surface area contributed by atoms with Crippen molar-refractivity contribution in [3.05, 3.63) is 47.7 Å². The fourth-order valence-corrected chi connectivity index (χ4v) is 2.67. The van der Waals surface area contributed by atoms with Crippen LogP contribution in [0.4, 0.5) is 20.7 Å². The van der Waals surface area contributed by atoms with Crippen LogP contribution in [0.3, 0.4) is 0 Å². The van der Waals surface area contributed by atoms with Crippen LogP contribution in [0.25, 0.3) is 0 Å². The molecule has 2 amide bonds. The number of halogens is 1. The first-order valence-electron chi connectivity index (χ1n) is 8.00. The standard InChI is InChI=1S/C17H20FN5O/c1-12-10-16(23-8-2-3-9-23)22-15(20-12)11-19-17(24)21-14-6-4-13(18)5-7-14/h4-7,10H,2-3,8-9,11H2,1H3,(H2,19,21,24). The zero-order chi connectivity index (χ0) is 16.9. The van der Waals surface area contributed by atoms with E-state index in [0.717, 1.165) is 24.6 Å². The summed E-state index contributed by atoms with van der Waals surface area (Å²) < 4.78 is 12.8. The van der Waals surface area contributed by atoms with Gasteiger partial charge in [-0.15, -0.1) is 0 Å². The average Bonchev–Trinajstić information content (AvgIpc) is 3.09. The van der Waals surface area contributed by atoms with Gasteiger partial charge in [0.05, 0.1) is 6.54 Å². The number of rotatable bonds is 4. The summed E-state index contributed by atoms with van der Waals surface area (Å²) in [6.45, 7) is 4.17. The molecule has 2 heterocycles. The van der Waals surface area contributed by atoms with Gasteiger partial charge in [0.2, 0.25) is 0 Å². The lowest BCUT2D eigenvalue weighted by Crippen LogP contribution is -2.29. The summed E-state index contributed by atoms with van der Waals surface area (Å²) in [4.78, 5) is 23.0. The molecule has 1 aromatic heterocycles. The Morgan fingerprint density at radius 1 is 1.21 bits per heavy atom. The molecule has 0 unspecified atom stereocenters. The van der Waals surface area contributed by atoms with Crippen LogP contribution in [0.1, 0.15) is 24.4 Å².